The first-order valence-electron chi connectivity index (χ1n) is 11.1. The number of carboxylic acid groups (broad SMARTS) is 1. The van der Waals surface area contributed by atoms with E-state index in [4.69, 9.17) is 4.74 Å². The SMILES string of the molecule is Cn1ncc(NC(=O)C2CC(NC(=O)OCC3c4ccccc4-c4ccccc43)C2)c1C(=O)O. The van der Waals surface area contributed by atoms with Crippen molar-refractivity contribution in [2.24, 2.45) is 13.0 Å². The molecule has 3 aromatic rings. The summed E-state index contributed by atoms with van der Waals surface area (Å²) < 4.78 is 6.75. The number of carboxylic acids is 1. The molecule has 2 amide bonds. The zero-order valence-corrected chi connectivity index (χ0v) is 18.5. The number of aromatic carboxylic acids is 1. The van der Waals surface area contributed by atoms with Crippen molar-refractivity contribution >= 4 is 23.7 Å². The number of alkyl carbamates (subject to hydrolysis) is 1. The first-order chi connectivity index (χ1) is 16.4. The van der Waals surface area contributed by atoms with Gasteiger partial charge in [0.2, 0.25) is 5.91 Å². The van der Waals surface area contributed by atoms with Crippen molar-refractivity contribution in [3.05, 3.63) is 71.5 Å². The van der Waals surface area contributed by atoms with Gasteiger partial charge in [-0.25, -0.2) is 9.59 Å². The Bertz CT molecular complexity index is 1230. The van der Waals surface area contributed by atoms with Crippen LogP contribution in [0.5, 0.6) is 0 Å². The number of ether oxygens (including phenoxy) is 1. The molecule has 0 radical (unpaired) electrons. The minimum Gasteiger partial charge on any atom is -0.476 e. The van der Waals surface area contributed by atoms with Gasteiger partial charge in [-0.05, 0) is 35.1 Å². The van der Waals surface area contributed by atoms with Crippen LogP contribution >= 0.6 is 0 Å². The fourth-order valence-electron chi connectivity index (χ4n) is 4.77. The van der Waals surface area contributed by atoms with Crippen LogP contribution in [0.4, 0.5) is 10.5 Å². The zero-order valence-electron chi connectivity index (χ0n) is 18.5. The van der Waals surface area contributed by atoms with Crippen molar-refractivity contribution in [2.45, 2.75) is 24.8 Å². The second-order valence-electron chi connectivity index (χ2n) is 8.66. The van der Waals surface area contributed by atoms with Crippen molar-refractivity contribution in [1.82, 2.24) is 15.1 Å². The van der Waals surface area contributed by atoms with Gasteiger partial charge >= 0.3 is 12.1 Å². The first kappa shape index (κ1) is 21.7. The molecule has 2 aromatic carbocycles. The van der Waals surface area contributed by atoms with Gasteiger partial charge in [0.1, 0.15) is 6.61 Å². The highest BCUT2D eigenvalue weighted by Crippen LogP contribution is 2.44. The Morgan fingerprint density at radius 2 is 1.68 bits per heavy atom. The van der Waals surface area contributed by atoms with Crippen molar-refractivity contribution in [3.63, 3.8) is 0 Å². The van der Waals surface area contributed by atoms with Crippen LogP contribution in [0, 0.1) is 5.92 Å². The second kappa shape index (κ2) is 8.66. The predicted molar refractivity (Wildman–Crippen MR) is 124 cm³/mol. The Kier molecular flexibility index (Phi) is 5.53. The summed E-state index contributed by atoms with van der Waals surface area (Å²) in [5.41, 5.74) is 4.70. The number of amides is 2. The van der Waals surface area contributed by atoms with Crippen LogP contribution in [0.3, 0.4) is 0 Å². The summed E-state index contributed by atoms with van der Waals surface area (Å²) in [6.07, 6.45) is 1.72. The first-order valence-corrected chi connectivity index (χ1v) is 11.1. The number of hydrogen-bond donors (Lipinski definition) is 3. The summed E-state index contributed by atoms with van der Waals surface area (Å²) in [6.45, 7) is 0.232. The molecule has 0 saturated heterocycles. The van der Waals surface area contributed by atoms with E-state index in [0.717, 1.165) is 11.1 Å². The molecule has 0 atom stereocenters. The molecular formula is C25H24N4O5. The smallest absolute Gasteiger partial charge is 0.407 e. The Labute approximate surface area is 195 Å². The van der Waals surface area contributed by atoms with Gasteiger partial charge in [-0.15, -0.1) is 0 Å². The number of aromatic nitrogens is 2. The van der Waals surface area contributed by atoms with Gasteiger partial charge in [-0.2, -0.15) is 5.10 Å². The van der Waals surface area contributed by atoms with E-state index < -0.39 is 12.1 Å². The van der Waals surface area contributed by atoms with Crippen molar-refractivity contribution in [3.8, 4) is 11.1 Å². The third-order valence-corrected chi connectivity index (χ3v) is 6.57. The van der Waals surface area contributed by atoms with Gasteiger partial charge in [0, 0.05) is 24.9 Å². The molecule has 9 nitrogen and oxygen atoms in total. The number of benzene rings is 2. The number of hydrogen-bond acceptors (Lipinski definition) is 5. The molecule has 1 heterocycles. The van der Waals surface area contributed by atoms with Crippen LogP contribution in [0.1, 0.15) is 40.4 Å². The van der Waals surface area contributed by atoms with E-state index in [1.165, 1.54) is 29.1 Å². The molecule has 0 unspecified atom stereocenters. The highest BCUT2D eigenvalue weighted by atomic mass is 16.5. The summed E-state index contributed by atoms with van der Waals surface area (Å²) in [4.78, 5) is 36.2. The average Bonchev–Trinajstić information content (AvgIpc) is 3.32. The molecule has 3 N–H and O–H groups in total. The van der Waals surface area contributed by atoms with Crippen LogP contribution < -0.4 is 10.6 Å². The Balaban J connectivity index is 1.12. The van der Waals surface area contributed by atoms with E-state index in [2.05, 4.69) is 40.0 Å². The maximum absolute atomic E-state index is 12.5. The Morgan fingerprint density at radius 3 is 2.29 bits per heavy atom. The van der Waals surface area contributed by atoms with Crippen LogP contribution in [0.15, 0.2) is 54.7 Å². The largest absolute Gasteiger partial charge is 0.476 e. The lowest BCUT2D eigenvalue weighted by molar-refractivity contribution is -0.122. The lowest BCUT2D eigenvalue weighted by Gasteiger charge is -2.34. The van der Waals surface area contributed by atoms with Gasteiger partial charge in [0.15, 0.2) is 5.69 Å². The quantitative estimate of drug-likeness (QED) is 0.518. The van der Waals surface area contributed by atoms with E-state index in [1.54, 1.807) is 0 Å². The number of fused-ring (bicyclic) bond motifs is 3. The summed E-state index contributed by atoms with van der Waals surface area (Å²) >= 11 is 0. The van der Waals surface area contributed by atoms with Crippen LogP contribution in [0.2, 0.25) is 0 Å². The molecule has 34 heavy (non-hydrogen) atoms. The highest BCUT2D eigenvalue weighted by Gasteiger charge is 2.37. The normalized spacial score (nSPS) is 18.4. The summed E-state index contributed by atoms with van der Waals surface area (Å²) in [6, 6.07) is 16.1. The van der Waals surface area contributed by atoms with Gasteiger partial charge < -0.3 is 20.5 Å². The number of aryl methyl sites for hydroxylation is 1. The topological polar surface area (TPSA) is 123 Å². The molecule has 1 fully saturated rings. The minimum absolute atomic E-state index is 0.0130. The molecule has 5 rings (SSSR count). The van der Waals surface area contributed by atoms with Gasteiger partial charge in [-0.1, -0.05) is 48.5 Å². The van der Waals surface area contributed by atoms with Gasteiger partial charge in [0.05, 0.1) is 11.9 Å². The van der Waals surface area contributed by atoms with E-state index in [1.807, 2.05) is 24.3 Å². The van der Waals surface area contributed by atoms with E-state index in [9.17, 15) is 19.5 Å². The summed E-state index contributed by atoms with van der Waals surface area (Å²) in [7, 11) is 1.50. The van der Waals surface area contributed by atoms with E-state index in [0.29, 0.717) is 12.8 Å². The number of nitrogens with one attached hydrogen (secondary N) is 2. The molecule has 1 aromatic heterocycles. The van der Waals surface area contributed by atoms with Crippen LogP contribution in [0.25, 0.3) is 11.1 Å². The van der Waals surface area contributed by atoms with Crippen molar-refractivity contribution < 1.29 is 24.2 Å². The van der Waals surface area contributed by atoms with Gasteiger partial charge in [-0.3, -0.25) is 9.48 Å². The zero-order chi connectivity index (χ0) is 23.8. The standard InChI is InChI=1S/C25H24N4O5/c1-29-22(24(31)32)21(12-26-29)28-23(30)14-10-15(11-14)27-25(33)34-13-20-18-8-4-2-6-16(18)17-7-3-5-9-19(17)20/h2-9,12,14-15,20H,10-11,13H2,1H3,(H,27,33)(H,28,30)(H,31,32). The third kappa shape index (κ3) is 3.89. The Morgan fingerprint density at radius 1 is 1.06 bits per heavy atom. The fourth-order valence-corrected chi connectivity index (χ4v) is 4.77. The van der Waals surface area contributed by atoms with Gasteiger partial charge in [0.25, 0.3) is 0 Å². The molecule has 9 heteroatoms. The number of carbonyl (C=O) groups is 3. The molecular weight excluding hydrogens is 436 g/mol. The van der Waals surface area contributed by atoms with Crippen LogP contribution in [-0.2, 0) is 16.6 Å². The third-order valence-electron chi connectivity index (χ3n) is 6.57. The minimum atomic E-state index is -1.17. The second-order valence-corrected chi connectivity index (χ2v) is 8.66. The number of anilines is 1. The van der Waals surface area contributed by atoms with Crippen molar-refractivity contribution in [2.75, 3.05) is 11.9 Å². The maximum Gasteiger partial charge on any atom is 0.407 e. The molecule has 2 aliphatic carbocycles. The fraction of sp³-hybridized carbons (Fsp3) is 0.280. The lowest BCUT2D eigenvalue weighted by Crippen LogP contribution is -2.48. The number of rotatable bonds is 6. The average molecular weight is 460 g/mol. The lowest BCUT2D eigenvalue weighted by atomic mass is 9.79. The number of carbonyl (C=O) groups excluding carboxylic acids is 2. The van der Waals surface area contributed by atoms with Crippen LogP contribution in [-0.4, -0.2) is 45.5 Å². The highest BCUT2D eigenvalue weighted by molar-refractivity contribution is 6.00. The molecule has 174 valence electrons. The molecule has 2 aliphatic rings. The molecule has 1 saturated carbocycles. The summed E-state index contributed by atoms with van der Waals surface area (Å²) in [5.74, 6) is -1.79. The van der Waals surface area contributed by atoms with E-state index >= 15 is 0 Å². The molecule has 0 spiro atoms. The molecule has 0 aliphatic heterocycles. The summed E-state index contributed by atoms with van der Waals surface area (Å²) in [5, 5.41) is 18.6. The van der Waals surface area contributed by atoms with Crippen molar-refractivity contribution in [1.29, 1.82) is 0 Å². The van der Waals surface area contributed by atoms with E-state index in [-0.39, 0.29) is 41.8 Å². The molecule has 0 bridgehead atoms. The number of nitrogens with zero attached hydrogens (tertiary/aromatic N) is 2. The monoisotopic (exact) mass is 460 g/mol. The Hall–Kier alpha value is -4.14. The predicted octanol–water partition coefficient (Wildman–Crippen LogP) is 3.37. The maximum atomic E-state index is 12.5.